The van der Waals surface area contributed by atoms with Crippen LogP contribution in [-0.2, 0) is 5.60 Å². The lowest BCUT2D eigenvalue weighted by Gasteiger charge is -2.43. The molecule has 1 nitrogen and oxygen atoms in total. The second-order valence-electron chi connectivity index (χ2n) is 7.43. The van der Waals surface area contributed by atoms with Crippen LogP contribution in [0.1, 0.15) is 38.2 Å². The molecule has 0 amide bonds. The van der Waals surface area contributed by atoms with Crippen LogP contribution in [0.25, 0.3) is 11.1 Å². The van der Waals surface area contributed by atoms with Crippen LogP contribution in [0.15, 0.2) is 60.2 Å². The van der Waals surface area contributed by atoms with Gasteiger partial charge in [-0.15, -0.1) is 0 Å². The van der Waals surface area contributed by atoms with Gasteiger partial charge in [-0.25, -0.2) is 0 Å². The molecule has 0 radical (unpaired) electrons. The fourth-order valence-corrected chi connectivity index (χ4v) is 4.66. The molecule has 2 aliphatic carbocycles. The predicted octanol–water partition coefficient (Wildman–Crippen LogP) is 5.96. The summed E-state index contributed by atoms with van der Waals surface area (Å²) < 4.78 is 0. The molecule has 0 spiro atoms. The van der Waals surface area contributed by atoms with E-state index in [-0.39, 0.29) is 0 Å². The van der Waals surface area contributed by atoms with Crippen molar-refractivity contribution in [2.24, 2.45) is 11.8 Å². The minimum Gasteiger partial charge on any atom is -0.381 e. The third-order valence-electron chi connectivity index (χ3n) is 5.67. The second kappa shape index (κ2) is 6.06. The van der Waals surface area contributed by atoms with Crippen LogP contribution >= 0.6 is 11.6 Å². The SMILES string of the molecule is CC1C=C2CC(CCC2(O)c2ccccc2-c2ccc(Cl)cc2)C1. The van der Waals surface area contributed by atoms with Crippen molar-refractivity contribution in [2.75, 3.05) is 0 Å². The fourth-order valence-electron chi connectivity index (χ4n) is 4.53. The van der Waals surface area contributed by atoms with Gasteiger partial charge in [0.2, 0.25) is 0 Å². The van der Waals surface area contributed by atoms with Gasteiger partial charge in [-0.2, -0.15) is 0 Å². The summed E-state index contributed by atoms with van der Waals surface area (Å²) >= 11 is 6.04. The second-order valence-corrected chi connectivity index (χ2v) is 7.86. The maximum Gasteiger partial charge on any atom is 0.111 e. The van der Waals surface area contributed by atoms with E-state index >= 15 is 0 Å². The van der Waals surface area contributed by atoms with Crippen molar-refractivity contribution < 1.29 is 5.11 Å². The molecule has 1 N–H and O–H groups in total. The fraction of sp³-hybridized carbons (Fsp3) is 0.364. The molecule has 4 rings (SSSR count). The molecule has 124 valence electrons. The number of rotatable bonds is 2. The first-order valence-electron chi connectivity index (χ1n) is 8.85. The minimum atomic E-state index is -0.832. The van der Waals surface area contributed by atoms with E-state index in [2.05, 4.69) is 25.1 Å². The lowest BCUT2D eigenvalue weighted by molar-refractivity contribution is 0.0291. The molecule has 2 aromatic carbocycles. The summed E-state index contributed by atoms with van der Waals surface area (Å²) in [6.07, 6.45) is 6.54. The van der Waals surface area contributed by atoms with Gasteiger partial charge in [0, 0.05) is 5.02 Å². The molecule has 2 aromatic rings. The summed E-state index contributed by atoms with van der Waals surface area (Å²) in [5.41, 5.74) is 3.63. The standard InChI is InChI=1S/C22H23ClO/c1-15-12-16-10-11-22(24,18(13-15)14-16)21-5-3-2-4-20(21)17-6-8-19(23)9-7-17/h2-9,13,15-16,24H,10-12,14H2,1H3. The summed E-state index contributed by atoms with van der Waals surface area (Å²) in [7, 11) is 0. The van der Waals surface area contributed by atoms with Gasteiger partial charge < -0.3 is 5.11 Å². The van der Waals surface area contributed by atoms with Crippen molar-refractivity contribution >= 4 is 11.6 Å². The van der Waals surface area contributed by atoms with Crippen LogP contribution in [0.4, 0.5) is 0 Å². The molecule has 0 saturated heterocycles. The zero-order valence-corrected chi connectivity index (χ0v) is 14.8. The van der Waals surface area contributed by atoms with E-state index in [4.69, 9.17) is 11.6 Å². The van der Waals surface area contributed by atoms with Crippen LogP contribution in [0.2, 0.25) is 5.02 Å². The number of benzene rings is 2. The minimum absolute atomic E-state index is 0.563. The number of aliphatic hydroxyl groups is 1. The van der Waals surface area contributed by atoms with Crippen molar-refractivity contribution in [1.82, 2.24) is 0 Å². The van der Waals surface area contributed by atoms with Gasteiger partial charge in [0.25, 0.3) is 0 Å². The molecule has 2 aliphatic rings. The number of halogens is 1. The molecule has 0 aromatic heterocycles. The summed E-state index contributed by atoms with van der Waals surface area (Å²) in [6, 6.07) is 16.2. The first-order chi connectivity index (χ1) is 11.6. The van der Waals surface area contributed by atoms with E-state index in [1.165, 1.54) is 12.0 Å². The Bertz CT molecular complexity index is 777. The molecule has 2 bridgehead atoms. The lowest BCUT2D eigenvalue weighted by atomic mass is 9.65. The maximum absolute atomic E-state index is 11.7. The molecule has 0 aliphatic heterocycles. The van der Waals surface area contributed by atoms with Gasteiger partial charge in [0.15, 0.2) is 0 Å². The lowest BCUT2D eigenvalue weighted by Crippen LogP contribution is -2.37. The maximum atomic E-state index is 11.7. The predicted molar refractivity (Wildman–Crippen MR) is 100.0 cm³/mol. The Morgan fingerprint density at radius 3 is 2.62 bits per heavy atom. The van der Waals surface area contributed by atoms with E-state index in [1.807, 2.05) is 36.4 Å². The van der Waals surface area contributed by atoms with Crippen molar-refractivity contribution in [3.8, 4) is 11.1 Å². The van der Waals surface area contributed by atoms with Crippen molar-refractivity contribution in [1.29, 1.82) is 0 Å². The summed E-state index contributed by atoms with van der Waals surface area (Å²) in [5.74, 6) is 1.30. The average Bonchev–Trinajstić information content (AvgIpc) is 2.59. The highest BCUT2D eigenvalue weighted by molar-refractivity contribution is 6.30. The van der Waals surface area contributed by atoms with Gasteiger partial charge >= 0.3 is 0 Å². The van der Waals surface area contributed by atoms with Crippen molar-refractivity contribution in [3.63, 3.8) is 0 Å². The smallest absolute Gasteiger partial charge is 0.111 e. The van der Waals surface area contributed by atoms with Crippen LogP contribution in [0.3, 0.4) is 0 Å². The Labute approximate surface area is 149 Å². The highest BCUT2D eigenvalue weighted by Crippen LogP contribution is 2.50. The molecule has 1 fully saturated rings. The Morgan fingerprint density at radius 2 is 1.83 bits per heavy atom. The molecule has 3 unspecified atom stereocenters. The Hall–Kier alpha value is -1.57. The quantitative estimate of drug-likeness (QED) is 0.670. The van der Waals surface area contributed by atoms with Gasteiger partial charge in [0.05, 0.1) is 0 Å². The normalized spacial score (nSPS) is 29.2. The van der Waals surface area contributed by atoms with E-state index < -0.39 is 5.60 Å². The van der Waals surface area contributed by atoms with Crippen molar-refractivity contribution in [2.45, 2.75) is 38.2 Å². The largest absolute Gasteiger partial charge is 0.381 e. The molecular weight excluding hydrogens is 316 g/mol. The molecule has 2 heteroatoms. The summed E-state index contributed by atoms with van der Waals surface area (Å²) in [6.45, 7) is 2.27. The highest BCUT2D eigenvalue weighted by atomic mass is 35.5. The van der Waals surface area contributed by atoms with Crippen molar-refractivity contribution in [3.05, 3.63) is 70.8 Å². The van der Waals surface area contributed by atoms with Gasteiger partial charge in [0.1, 0.15) is 5.60 Å². The topological polar surface area (TPSA) is 20.2 Å². The molecule has 24 heavy (non-hydrogen) atoms. The van der Waals surface area contributed by atoms with Gasteiger partial charge in [-0.1, -0.05) is 61.0 Å². The van der Waals surface area contributed by atoms with E-state index in [0.29, 0.717) is 5.92 Å². The third-order valence-corrected chi connectivity index (χ3v) is 5.92. The highest BCUT2D eigenvalue weighted by Gasteiger charge is 2.42. The Balaban J connectivity index is 1.83. The molecule has 3 atom stereocenters. The number of fused-ring (bicyclic) bond motifs is 2. The van der Waals surface area contributed by atoms with Crippen LogP contribution < -0.4 is 0 Å². The Morgan fingerprint density at radius 1 is 1.08 bits per heavy atom. The van der Waals surface area contributed by atoms with Gasteiger partial charge in [-0.3, -0.25) is 0 Å². The zero-order chi connectivity index (χ0) is 16.7. The van der Waals surface area contributed by atoms with Crippen LogP contribution in [-0.4, -0.2) is 5.11 Å². The monoisotopic (exact) mass is 338 g/mol. The first kappa shape index (κ1) is 15.9. The summed E-state index contributed by atoms with van der Waals surface area (Å²) in [4.78, 5) is 0. The first-order valence-corrected chi connectivity index (χ1v) is 9.23. The molecule has 0 heterocycles. The van der Waals surface area contributed by atoms with E-state index in [9.17, 15) is 5.11 Å². The molecule has 1 saturated carbocycles. The number of hydrogen-bond acceptors (Lipinski definition) is 1. The summed E-state index contributed by atoms with van der Waals surface area (Å²) in [5, 5.41) is 12.4. The average molecular weight is 339 g/mol. The third kappa shape index (κ3) is 2.70. The molecular formula is C22H23ClO. The Kier molecular flexibility index (Phi) is 4.02. The number of hydrogen-bond donors (Lipinski definition) is 1. The number of allylic oxidation sites excluding steroid dienone is 1. The zero-order valence-electron chi connectivity index (χ0n) is 14.0. The van der Waals surface area contributed by atoms with Gasteiger partial charge in [-0.05, 0) is 71.9 Å². The van der Waals surface area contributed by atoms with Crippen LogP contribution in [0.5, 0.6) is 0 Å². The van der Waals surface area contributed by atoms with E-state index in [1.54, 1.807) is 0 Å². The van der Waals surface area contributed by atoms with E-state index in [0.717, 1.165) is 46.9 Å². The van der Waals surface area contributed by atoms with Crippen LogP contribution in [0, 0.1) is 11.8 Å².